The van der Waals surface area contributed by atoms with Crippen molar-refractivity contribution < 1.29 is 19.4 Å². The van der Waals surface area contributed by atoms with Gasteiger partial charge in [0.05, 0.1) is 6.61 Å². The van der Waals surface area contributed by atoms with Crippen LogP contribution in [0.5, 0.6) is 5.75 Å². The molecule has 7 heteroatoms. The van der Waals surface area contributed by atoms with E-state index in [9.17, 15) is 4.79 Å². The number of halogens is 1. The van der Waals surface area contributed by atoms with E-state index in [1.165, 1.54) is 0 Å². The molecule has 1 aliphatic heterocycles. The van der Waals surface area contributed by atoms with Crippen molar-refractivity contribution in [1.82, 2.24) is 5.32 Å². The fourth-order valence-electron chi connectivity index (χ4n) is 5.69. The van der Waals surface area contributed by atoms with Crippen LogP contribution in [0.1, 0.15) is 41.2 Å². The van der Waals surface area contributed by atoms with E-state index < -0.39 is 11.6 Å². The monoisotopic (exact) mass is 674 g/mol. The molecule has 0 aliphatic carbocycles. The van der Waals surface area contributed by atoms with Crippen LogP contribution in [0, 0.1) is 0 Å². The smallest absolute Gasteiger partial charge is 0.252 e. The maximum atomic E-state index is 14.6. The highest BCUT2D eigenvalue weighted by Gasteiger charge is 2.53. The molecule has 6 rings (SSSR count). The third kappa shape index (κ3) is 6.91. The summed E-state index contributed by atoms with van der Waals surface area (Å²) in [5.41, 5.74) is 2.33. The molecule has 0 bridgehead atoms. The Labute approximate surface area is 277 Å². The fourth-order valence-corrected chi connectivity index (χ4v) is 6.19. The van der Waals surface area contributed by atoms with E-state index in [-0.39, 0.29) is 12.5 Å². The molecule has 46 heavy (non-hydrogen) atoms. The van der Waals surface area contributed by atoms with Crippen molar-refractivity contribution in [3.63, 3.8) is 0 Å². The Bertz CT molecular complexity index is 1850. The van der Waals surface area contributed by atoms with Gasteiger partial charge in [0.15, 0.2) is 11.6 Å². The number of rotatable bonds is 12. The SMILES string of the molecule is O=C(NCc1cccc2ccccc12)[C@]1(C/C=C/c2ccccc2)N=C(c2ccc(OCCCO)cc2)O[C@@H]1c1ccccc1Br. The molecule has 1 heterocycles. The minimum Gasteiger partial charge on any atom is -0.494 e. The molecule has 6 nitrogen and oxygen atoms in total. The summed E-state index contributed by atoms with van der Waals surface area (Å²) in [5.74, 6) is 0.844. The van der Waals surface area contributed by atoms with Crippen molar-refractivity contribution in [2.24, 2.45) is 4.99 Å². The average Bonchev–Trinajstić information content (AvgIpc) is 3.48. The van der Waals surface area contributed by atoms with Gasteiger partial charge in [0.25, 0.3) is 5.91 Å². The first kappa shape index (κ1) is 31.3. The Kier molecular flexibility index (Phi) is 9.91. The molecule has 1 amide bonds. The second kappa shape index (κ2) is 14.6. The molecule has 232 valence electrons. The first-order valence-electron chi connectivity index (χ1n) is 15.4. The number of nitrogens with one attached hydrogen (secondary N) is 1. The number of carbonyl (C=O) groups is 1. The predicted molar refractivity (Wildman–Crippen MR) is 187 cm³/mol. The van der Waals surface area contributed by atoms with Gasteiger partial charge in [-0.3, -0.25) is 4.79 Å². The number of nitrogens with zero attached hydrogens (tertiary/aromatic N) is 1. The maximum absolute atomic E-state index is 14.6. The predicted octanol–water partition coefficient (Wildman–Crippen LogP) is 8.04. The van der Waals surface area contributed by atoms with E-state index in [4.69, 9.17) is 19.6 Å². The first-order valence-corrected chi connectivity index (χ1v) is 16.2. The van der Waals surface area contributed by atoms with Crippen molar-refractivity contribution in [2.75, 3.05) is 13.2 Å². The van der Waals surface area contributed by atoms with E-state index in [1.54, 1.807) is 0 Å². The summed E-state index contributed by atoms with van der Waals surface area (Å²) in [4.78, 5) is 19.7. The fraction of sp³-hybridized carbons (Fsp3) is 0.179. The third-order valence-electron chi connectivity index (χ3n) is 8.08. The molecular weight excluding hydrogens is 640 g/mol. The standard InChI is InChI=1S/C39H35BrN2O4/c40-35-19-7-6-18-34(35)36-39(24-9-13-28-11-2-1-3-12-28,38(44)41-27-31-16-8-15-29-14-4-5-17-33(29)31)42-37(46-36)30-20-22-32(23-21-30)45-26-10-25-43/h1-9,11-23,36,43H,10,24-27H2,(H,41,44)/b13-9+/t36-,39-/m1/s1. The second-order valence-electron chi connectivity index (χ2n) is 11.1. The molecule has 0 unspecified atom stereocenters. The third-order valence-corrected chi connectivity index (χ3v) is 8.80. The van der Waals surface area contributed by atoms with Gasteiger partial charge in [0.2, 0.25) is 5.90 Å². The summed E-state index contributed by atoms with van der Waals surface area (Å²) >= 11 is 3.72. The van der Waals surface area contributed by atoms with Gasteiger partial charge in [-0.1, -0.05) is 119 Å². The normalized spacial score (nSPS) is 17.5. The summed E-state index contributed by atoms with van der Waals surface area (Å²) in [6.45, 7) is 0.839. The van der Waals surface area contributed by atoms with Crippen LogP contribution in [0.3, 0.4) is 0 Å². The molecule has 5 aromatic carbocycles. The Morgan fingerprint density at radius 2 is 1.65 bits per heavy atom. The zero-order valence-corrected chi connectivity index (χ0v) is 26.9. The largest absolute Gasteiger partial charge is 0.494 e. The van der Waals surface area contributed by atoms with Gasteiger partial charge in [-0.05, 0) is 52.2 Å². The van der Waals surface area contributed by atoms with Gasteiger partial charge in [-0.25, -0.2) is 4.99 Å². The molecule has 1 aliphatic rings. The van der Waals surface area contributed by atoms with Gasteiger partial charge in [-0.15, -0.1) is 0 Å². The van der Waals surface area contributed by atoms with Crippen molar-refractivity contribution >= 4 is 44.6 Å². The van der Waals surface area contributed by atoms with Crippen LogP contribution in [0.15, 0.2) is 137 Å². The van der Waals surface area contributed by atoms with Gasteiger partial charge >= 0.3 is 0 Å². The van der Waals surface area contributed by atoms with E-state index >= 15 is 0 Å². The Morgan fingerprint density at radius 3 is 2.46 bits per heavy atom. The Morgan fingerprint density at radius 1 is 0.913 bits per heavy atom. The molecular formula is C39H35BrN2O4. The number of ether oxygens (including phenoxy) is 2. The lowest BCUT2D eigenvalue weighted by atomic mass is 9.84. The summed E-state index contributed by atoms with van der Waals surface area (Å²) in [6, 6.07) is 39.6. The Hall–Kier alpha value is -4.72. The number of aliphatic imine (C=N–C) groups is 1. The zero-order valence-electron chi connectivity index (χ0n) is 25.3. The zero-order chi connectivity index (χ0) is 31.8. The minimum atomic E-state index is -1.30. The van der Waals surface area contributed by atoms with Gasteiger partial charge in [-0.2, -0.15) is 0 Å². The number of aliphatic hydroxyl groups excluding tert-OH is 1. The van der Waals surface area contributed by atoms with Gasteiger partial charge in [0, 0.05) is 41.6 Å². The summed E-state index contributed by atoms with van der Waals surface area (Å²) < 4.78 is 13.2. The molecule has 5 aromatic rings. The van der Waals surface area contributed by atoms with Crippen LogP contribution < -0.4 is 10.1 Å². The molecule has 0 radical (unpaired) electrons. The van der Waals surface area contributed by atoms with Crippen molar-refractivity contribution in [2.45, 2.75) is 31.0 Å². The van der Waals surface area contributed by atoms with E-state index in [2.05, 4.69) is 39.4 Å². The van der Waals surface area contributed by atoms with Gasteiger partial charge < -0.3 is 19.9 Å². The lowest BCUT2D eigenvalue weighted by molar-refractivity contribution is -0.129. The highest BCUT2D eigenvalue weighted by molar-refractivity contribution is 9.10. The van der Waals surface area contributed by atoms with Crippen molar-refractivity contribution in [3.05, 3.63) is 154 Å². The second-order valence-corrected chi connectivity index (χ2v) is 12.0. The lowest BCUT2D eigenvalue weighted by Crippen LogP contribution is -2.47. The molecule has 2 atom stereocenters. The van der Waals surface area contributed by atoms with Crippen LogP contribution in [0.4, 0.5) is 0 Å². The number of aliphatic hydroxyl groups is 1. The molecule has 2 N–H and O–H groups in total. The van der Waals surface area contributed by atoms with Crippen LogP contribution in [-0.4, -0.2) is 35.7 Å². The summed E-state index contributed by atoms with van der Waals surface area (Å²) in [5, 5.41) is 14.5. The molecule has 0 saturated carbocycles. The van der Waals surface area contributed by atoms with Crippen LogP contribution in [-0.2, 0) is 16.1 Å². The number of hydrogen-bond donors (Lipinski definition) is 2. The van der Waals surface area contributed by atoms with E-state index in [1.807, 2.05) is 115 Å². The van der Waals surface area contributed by atoms with Crippen LogP contribution in [0.25, 0.3) is 16.8 Å². The number of carbonyl (C=O) groups excluding carboxylic acids is 1. The van der Waals surface area contributed by atoms with E-state index in [0.717, 1.165) is 37.5 Å². The van der Waals surface area contributed by atoms with Crippen LogP contribution in [0.2, 0.25) is 0 Å². The molecule has 0 saturated heterocycles. The summed E-state index contributed by atoms with van der Waals surface area (Å²) in [7, 11) is 0. The van der Waals surface area contributed by atoms with Gasteiger partial charge in [0.1, 0.15) is 5.75 Å². The highest BCUT2D eigenvalue weighted by Crippen LogP contribution is 2.45. The average molecular weight is 676 g/mol. The van der Waals surface area contributed by atoms with Crippen molar-refractivity contribution in [3.8, 4) is 5.75 Å². The quantitative estimate of drug-likeness (QED) is 0.131. The van der Waals surface area contributed by atoms with Crippen molar-refractivity contribution in [1.29, 1.82) is 0 Å². The van der Waals surface area contributed by atoms with E-state index in [0.29, 0.717) is 37.6 Å². The molecule has 0 spiro atoms. The Balaban J connectivity index is 1.39. The first-order chi connectivity index (χ1) is 22.6. The lowest BCUT2D eigenvalue weighted by Gasteiger charge is -2.30. The minimum absolute atomic E-state index is 0.0719. The summed E-state index contributed by atoms with van der Waals surface area (Å²) in [6.07, 6.45) is 4.18. The highest BCUT2D eigenvalue weighted by atomic mass is 79.9. The molecule has 0 fully saturated rings. The number of benzene rings is 5. The topological polar surface area (TPSA) is 80.2 Å². The number of hydrogen-bond acceptors (Lipinski definition) is 5. The maximum Gasteiger partial charge on any atom is 0.252 e. The molecule has 0 aromatic heterocycles. The van der Waals surface area contributed by atoms with Crippen LogP contribution >= 0.6 is 15.9 Å². The number of amides is 1. The number of fused-ring (bicyclic) bond motifs is 1.